The second kappa shape index (κ2) is 16.2. The van der Waals surface area contributed by atoms with Crippen LogP contribution in [0.25, 0.3) is 6.08 Å². The normalized spacial score (nSPS) is 24.5. The fourth-order valence-electron chi connectivity index (χ4n) is 5.63. The van der Waals surface area contributed by atoms with Gasteiger partial charge in [0.05, 0.1) is 5.92 Å². The highest BCUT2D eigenvalue weighted by Crippen LogP contribution is 2.44. The molecule has 3 aliphatic rings. The third-order valence-electron chi connectivity index (χ3n) is 8.36. The summed E-state index contributed by atoms with van der Waals surface area (Å²) in [6.45, 7) is 21.6. The Morgan fingerprint density at radius 3 is 2.05 bits per heavy atom. The molecule has 0 radical (unpaired) electrons. The number of rotatable bonds is 8. The van der Waals surface area contributed by atoms with Gasteiger partial charge in [-0.3, -0.25) is 9.59 Å². The summed E-state index contributed by atoms with van der Waals surface area (Å²) < 4.78 is 21.2. The van der Waals surface area contributed by atoms with Crippen LogP contribution < -0.4 is 4.74 Å². The van der Waals surface area contributed by atoms with E-state index in [0.29, 0.717) is 16.9 Å². The SMILES string of the molecule is C=C(C)C(=O)OC1(CC)CCCC1.C=C(C)C(=O)OC1C(CC)CC2C(=O)OC1C2C.C=Cc1ccc(OC(C)=O)cc1. The Morgan fingerprint density at radius 1 is 1.00 bits per heavy atom. The zero-order valence-corrected chi connectivity index (χ0v) is 26.6. The van der Waals surface area contributed by atoms with E-state index in [1.807, 2.05) is 26.0 Å². The van der Waals surface area contributed by atoms with E-state index in [-0.39, 0.29) is 53.5 Å². The number of hydrogen-bond donors (Lipinski definition) is 0. The first-order valence-electron chi connectivity index (χ1n) is 15.1. The molecule has 0 amide bonds. The van der Waals surface area contributed by atoms with Crippen molar-refractivity contribution in [3.8, 4) is 5.75 Å². The summed E-state index contributed by atoms with van der Waals surface area (Å²) in [5.41, 5.74) is 1.71. The van der Waals surface area contributed by atoms with Crippen molar-refractivity contribution in [2.75, 3.05) is 0 Å². The van der Waals surface area contributed by atoms with E-state index in [9.17, 15) is 19.2 Å². The predicted molar refractivity (Wildman–Crippen MR) is 166 cm³/mol. The molecule has 43 heavy (non-hydrogen) atoms. The van der Waals surface area contributed by atoms with Gasteiger partial charge in [-0.2, -0.15) is 0 Å². The molecule has 0 spiro atoms. The van der Waals surface area contributed by atoms with Gasteiger partial charge in [-0.1, -0.05) is 58.7 Å². The molecule has 1 heterocycles. The lowest BCUT2D eigenvalue weighted by Crippen LogP contribution is -2.45. The van der Waals surface area contributed by atoms with E-state index >= 15 is 0 Å². The van der Waals surface area contributed by atoms with Crippen molar-refractivity contribution in [3.63, 3.8) is 0 Å². The highest BCUT2D eigenvalue weighted by atomic mass is 16.6. The van der Waals surface area contributed by atoms with E-state index in [1.54, 1.807) is 32.1 Å². The molecular formula is C35H48O8. The Balaban J connectivity index is 0.000000232. The lowest BCUT2D eigenvalue weighted by molar-refractivity contribution is -0.163. The van der Waals surface area contributed by atoms with Crippen LogP contribution in [0.15, 0.2) is 55.1 Å². The van der Waals surface area contributed by atoms with Gasteiger partial charge in [0.2, 0.25) is 0 Å². The lowest BCUT2D eigenvalue weighted by Gasteiger charge is -2.36. The number of esters is 4. The second-order valence-electron chi connectivity index (χ2n) is 11.7. The number of ether oxygens (including phenoxy) is 4. The summed E-state index contributed by atoms with van der Waals surface area (Å²) in [4.78, 5) is 45.3. The van der Waals surface area contributed by atoms with Crippen LogP contribution >= 0.6 is 0 Å². The van der Waals surface area contributed by atoms with Crippen LogP contribution in [0.1, 0.15) is 92.1 Å². The Labute approximate surface area is 256 Å². The van der Waals surface area contributed by atoms with E-state index in [1.165, 1.54) is 19.8 Å². The molecule has 0 N–H and O–H groups in total. The highest BCUT2D eigenvalue weighted by molar-refractivity contribution is 5.87. The first kappa shape index (κ1) is 35.5. The zero-order chi connectivity index (χ0) is 32.3. The first-order valence-corrected chi connectivity index (χ1v) is 15.1. The van der Waals surface area contributed by atoms with Crippen LogP contribution in [0, 0.1) is 17.8 Å². The topological polar surface area (TPSA) is 105 Å². The predicted octanol–water partition coefficient (Wildman–Crippen LogP) is 7.17. The molecule has 1 aromatic carbocycles. The summed E-state index contributed by atoms with van der Waals surface area (Å²) in [6.07, 6.45) is 8.07. The van der Waals surface area contributed by atoms with Gasteiger partial charge in [-0.15, -0.1) is 0 Å². The summed E-state index contributed by atoms with van der Waals surface area (Å²) >= 11 is 0. The van der Waals surface area contributed by atoms with Crippen LogP contribution in [0.3, 0.4) is 0 Å². The Hall–Kier alpha value is -3.68. The number of hydrogen-bond acceptors (Lipinski definition) is 8. The van der Waals surface area contributed by atoms with Gasteiger partial charge in [0, 0.05) is 29.9 Å². The molecule has 8 heteroatoms. The summed E-state index contributed by atoms with van der Waals surface area (Å²) in [5.74, 6) is -0.209. The third-order valence-corrected chi connectivity index (χ3v) is 8.36. The average Bonchev–Trinajstić information content (AvgIpc) is 3.51. The molecule has 5 atom stereocenters. The smallest absolute Gasteiger partial charge is 0.333 e. The van der Waals surface area contributed by atoms with E-state index in [0.717, 1.165) is 37.7 Å². The van der Waals surface area contributed by atoms with Gasteiger partial charge in [0.1, 0.15) is 23.6 Å². The maximum Gasteiger partial charge on any atom is 0.333 e. The van der Waals surface area contributed by atoms with Crippen LogP contribution in [0.5, 0.6) is 5.75 Å². The van der Waals surface area contributed by atoms with Crippen LogP contribution in [-0.2, 0) is 33.4 Å². The Bertz CT molecular complexity index is 1170. The molecule has 1 aromatic rings. The molecule has 2 bridgehead atoms. The van der Waals surface area contributed by atoms with Crippen molar-refractivity contribution >= 4 is 30.0 Å². The van der Waals surface area contributed by atoms with Gasteiger partial charge < -0.3 is 18.9 Å². The molecule has 3 fully saturated rings. The summed E-state index contributed by atoms with van der Waals surface area (Å²) in [5, 5.41) is 0. The van der Waals surface area contributed by atoms with Crippen LogP contribution in [0.2, 0.25) is 0 Å². The fourth-order valence-corrected chi connectivity index (χ4v) is 5.63. The van der Waals surface area contributed by atoms with Crippen LogP contribution in [-0.4, -0.2) is 41.7 Å². The van der Waals surface area contributed by atoms with Crippen molar-refractivity contribution < 1.29 is 38.1 Å². The lowest BCUT2D eigenvalue weighted by atomic mass is 9.72. The number of carbonyl (C=O) groups is 4. The van der Waals surface area contributed by atoms with Crippen molar-refractivity contribution in [2.45, 2.75) is 104 Å². The minimum Gasteiger partial charge on any atom is -0.458 e. The number of fused-ring (bicyclic) bond motifs is 2. The zero-order valence-electron chi connectivity index (χ0n) is 26.6. The molecule has 2 saturated carbocycles. The van der Waals surface area contributed by atoms with Crippen molar-refractivity contribution in [1.82, 2.24) is 0 Å². The molecule has 8 nitrogen and oxygen atoms in total. The highest BCUT2D eigenvalue weighted by Gasteiger charge is 2.54. The second-order valence-corrected chi connectivity index (χ2v) is 11.7. The maximum absolute atomic E-state index is 11.7. The standard InChI is InChI=1S/C14H20O4.C11H18O2.C10H10O2/c1-5-9-6-10-8(4)11(17-14(10)16)12(9)18-13(15)7(2)3;1-4-11(7-5-6-8-11)13-10(12)9(2)3;1-3-9-4-6-10(7-5-9)12-8(2)11/h8-12H,2,5-6H2,1,3-4H3;2,4-8H2,1,3H3;3-7H,1H2,2H3. The molecular weight excluding hydrogens is 548 g/mol. The summed E-state index contributed by atoms with van der Waals surface area (Å²) in [7, 11) is 0. The van der Waals surface area contributed by atoms with Crippen molar-refractivity contribution in [1.29, 1.82) is 0 Å². The maximum atomic E-state index is 11.7. The number of carbonyl (C=O) groups excluding carboxylic acids is 4. The minimum atomic E-state index is -0.396. The molecule has 5 unspecified atom stereocenters. The third kappa shape index (κ3) is 9.94. The van der Waals surface area contributed by atoms with Gasteiger partial charge >= 0.3 is 23.9 Å². The Kier molecular flexibility index (Phi) is 13.4. The quantitative estimate of drug-likeness (QED) is 0.135. The largest absolute Gasteiger partial charge is 0.458 e. The molecule has 0 aromatic heterocycles. The van der Waals surface area contributed by atoms with E-state index in [2.05, 4.69) is 26.7 Å². The molecule has 2 aliphatic carbocycles. The number of benzene rings is 1. The molecule has 1 aliphatic heterocycles. The molecule has 4 rings (SSSR count). The fraction of sp³-hybridized carbons (Fsp3) is 0.543. The van der Waals surface area contributed by atoms with Crippen molar-refractivity contribution in [2.24, 2.45) is 17.8 Å². The molecule has 236 valence electrons. The minimum absolute atomic E-state index is 0.0280. The van der Waals surface area contributed by atoms with Crippen LogP contribution in [0.4, 0.5) is 0 Å². The van der Waals surface area contributed by atoms with Gasteiger partial charge in [0.15, 0.2) is 0 Å². The van der Waals surface area contributed by atoms with Crippen molar-refractivity contribution in [3.05, 3.63) is 60.7 Å². The van der Waals surface area contributed by atoms with Gasteiger partial charge in [-0.05, 0) is 76.5 Å². The Morgan fingerprint density at radius 2 is 1.58 bits per heavy atom. The molecule has 1 saturated heterocycles. The van der Waals surface area contributed by atoms with E-state index in [4.69, 9.17) is 18.9 Å². The monoisotopic (exact) mass is 596 g/mol. The first-order chi connectivity index (χ1) is 20.3. The summed E-state index contributed by atoms with van der Waals surface area (Å²) in [6, 6.07) is 7.15. The van der Waals surface area contributed by atoms with Gasteiger partial charge in [-0.25, -0.2) is 9.59 Å². The average molecular weight is 597 g/mol. The van der Waals surface area contributed by atoms with E-state index < -0.39 is 5.97 Å². The van der Waals surface area contributed by atoms with Gasteiger partial charge in [0.25, 0.3) is 0 Å².